The van der Waals surface area contributed by atoms with Gasteiger partial charge in [0.2, 0.25) is 5.91 Å². The molecule has 3 amide bonds. The predicted octanol–water partition coefficient (Wildman–Crippen LogP) is 3.90. The van der Waals surface area contributed by atoms with Crippen molar-refractivity contribution in [3.8, 4) is 11.8 Å². The second-order valence-corrected chi connectivity index (χ2v) is 15.5. The first-order valence-electron chi connectivity index (χ1n) is 17.8. The number of ether oxygens (including phenoxy) is 1. The molecule has 0 radical (unpaired) electrons. The number of nitrogens with one attached hydrogen (secondary N) is 2. The number of unbranched alkanes of at least 4 members (excludes halogenated alkanes) is 1. The van der Waals surface area contributed by atoms with Crippen LogP contribution in [0.2, 0.25) is 5.02 Å². The van der Waals surface area contributed by atoms with Gasteiger partial charge in [0.05, 0.1) is 28.0 Å². The van der Waals surface area contributed by atoms with Gasteiger partial charge in [-0.3, -0.25) is 34.4 Å². The first kappa shape index (κ1) is 37.0. The minimum absolute atomic E-state index is 0.140. The number of hydrogen-bond acceptors (Lipinski definition) is 10. The number of imide groups is 1. The van der Waals surface area contributed by atoms with Crippen LogP contribution in [0, 0.1) is 22.2 Å². The zero-order valence-corrected chi connectivity index (χ0v) is 30.8. The van der Waals surface area contributed by atoms with E-state index in [1.54, 1.807) is 30.6 Å². The molecular formula is C38H45ClN8O5. The highest BCUT2D eigenvalue weighted by Gasteiger charge is 2.64. The number of carbonyl (C=O) groups is 3. The van der Waals surface area contributed by atoms with E-state index < -0.39 is 11.9 Å². The summed E-state index contributed by atoms with van der Waals surface area (Å²) in [7, 11) is 0. The van der Waals surface area contributed by atoms with Crippen molar-refractivity contribution in [3.63, 3.8) is 0 Å². The molecule has 1 atom stereocenters. The predicted molar refractivity (Wildman–Crippen MR) is 195 cm³/mol. The lowest BCUT2D eigenvalue weighted by Gasteiger charge is -2.63. The van der Waals surface area contributed by atoms with Crippen LogP contribution in [0.5, 0.6) is 5.75 Å². The minimum atomic E-state index is -0.764. The number of hydrogen-bond donors (Lipinski definition) is 2. The van der Waals surface area contributed by atoms with Gasteiger partial charge in [-0.25, -0.2) is 4.68 Å². The van der Waals surface area contributed by atoms with Crippen molar-refractivity contribution in [2.45, 2.75) is 78.0 Å². The van der Waals surface area contributed by atoms with Crippen molar-refractivity contribution >= 4 is 35.0 Å². The molecule has 13 nitrogen and oxygen atoms in total. The number of benzene rings is 1. The van der Waals surface area contributed by atoms with Gasteiger partial charge in [-0.2, -0.15) is 10.4 Å². The SMILES string of the molecule is CC1(C)C(NC(=O)c2ccc(CCCCN3CCN(c4cnn([C@@H]5CCC(=O)NC5=O)c(=O)c4)CC3)nc2)C(C)(C)C1Oc1ccc(C#N)c(Cl)c1. The van der Waals surface area contributed by atoms with Gasteiger partial charge in [-0.1, -0.05) is 39.3 Å². The molecule has 2 aliphatic heterocycles. The molecule has 2 N–H and O–H groups in total. The van der Waals surface area contributed by atoms with Gasteiger partial charge < -0.3 is 15.0 Å². The molecule has 0 unspecified atom stereocenters. The van der Waals surface area contributed by atoms with E-state index in [1.165, 1.54) is 10.7 Å². The summed E-state index contributed by atoms with van der Waals surface area (Å²) in [5.74, 6) is -0.399. The molecule has 2 saturated heterocycles. The number of aryl methyl sites for hydroxylation is 1. The third-order valence-corrected chi connectivity index (χ3v) is 11.0. The average molecular weight is 729 g/mol. The summed E-state index contributed by atoms with van der Waals surface area (Å²) in [4.78, 5) is 58.8. The van der Waals surface area contributed by atoms with Crippen LogP contribution in [-0.4, -0.2) is 82.3 Å². The molecule has 52 heavy (non-hydrogen) atoms. The summed E-state index contributed by atoms with van der Waals surface area (Å²) in [5.41, 5.74) is 1.52. The van der Waals surface area contributed by atoms with E-state index in [-0.39, 0.29) is 53.2 Å². The summed E-state index contributed by atoms with van der Waals surface area (Å²) in [6.45, 7) is 12.5. The number of carbonyl (C=O) groups excluding carboxylic acids is 3. The molecule has 4 heterocycles. The zero-order chi connectivity index (χ0) is 37.2. The smallest absolute Gasteiger partial charge is 0.269 e. The van der Waals surface area contributed by atoms with E-state index in [0.29, 0.717) is 21.9 Å². The maximum Gasteiger partial charge on any atom is 0.269 e. The maximum absolute atomic E-state index is 13.3. The van der Waals surface area contributed by atoms with Crippen LogP contribution in [-0.2, 0) is 16.0 Å². The van der Waals surface area contributed by atoms with Crippen LogP contribution >= 0.6 is 11.6 Å². The van der Waals surface area contributed by atoms with Gasteiger partial charge >= 0.3 is 0 Å². The van der Waals surface area contributed by atoms with E-state index in [1.807, 2.05) is 12.1 Å². The zero-order valence-electron chi connectivity index (χ0n) is 30.0. The van der Waals surface area contributed by atoms with Crippen molar-refractivity contribution in [1.29, 1.82) is 5.26 Å². The van der Waals surface area contributed by atoms with Crippen LogP contribution in [0.3, 0.4) is 0 Å². The molecule has 0 bridgehead atoms. The summed E-state index contributed by atoms with van der Waals surface area (Å²) in [6.07, 6.45) is 6.34. The fraction of sp³-hybridized carbons (Fsp3) is 0.500. The van der Waals surface area contributed by atoms with Crippen LogP contribution in [0.1, 0.15) is 81.0 Å². The number of halogens is 1. The molecule has 1 aromatic carbocycles. The van der Waals surface area contributed by atoms with Crippen molar-refractivity contribution in [2.75, 3.05) is 37.6 Å². The van der Waals surface area contributed by atoms with Gasteiger partial charge in [0.1, 0.15) is 24.0 Å². The molecule has 2 aromatic heterocycles. The summed E-state index contributed by atoms with van der Waals surface area (Å²) >= 11 is 6.22. The molecule has 3 aliphatic rings. The number of piperidine rings is 1. The van der Waals surface area contributed by atoms with Crippen LogP contribution < -0.4 is 25.8 Å². The molecule has 0 spiro atoms. The Morgan fingerprint density at radius 3 is 2.42 bits per heavy atom. The Hall–Kier alpha value is -4.80. The van der Waals surface area contributed by atoms with Crippen molar-refractivity contribution in [2.24, 2.45) is 10.8 Å². The van der Waals surface area contributed by atoms with Gasteiger partial charge in [0, 0.05) is 73.5 Å². The largest absolute Gasteiger partial charge is 0.489 e. The Bertz CT molecular complexity index is 1910. The summed E-state index contributed by atoms with van der Waals surface area (Å²) in [6, 6.07) is 11.5. The van der Waals surface area contributed by atoms with E-state index in [0.717, 1.165) is 63.4 Å². The van der Waals surface area contributed by atoms with Crippen molar-refractivity contribution < 1.29 is 19.1 Å². The fourth-order valence-electron chi connectivity index (χ4n) is 8.12. The quantitative estimate of drug-likeness (QED) is 0.219. The molecule has 1 saturated carbocycles. The first-order chi connectivity index (χ1) is 24.8. The van der Waals surface area contributed by atoms with E-state index in [2.05, 4.69) is 64.3 Å². The normalized spacial score (nSPS) is 22.5. The van der Waals surface area contributed by atoms with Crippen molar-refractivity contribution in [3.05, 3.63) is 81.0 Å². The van der Waals surface area contributed by atoms with E-state index in [9.17, 15) is 24.4 Å². The Labute approximate surface area is 308 Å². The molecule has 14 heteroatoms. The standard InChI is InChI=1S/C38H45ClN8O5/c1-37(2)35(38(3,4)36(37)52-28-11-9-24(21-40)29(39)20-28)44-33(50)25-8-10-26(41-22-25)7-5-6-14-45-15-17-46(18-16-45)27-19-32(49)47(42-23-27)30-12-13-31(48)43-34(30)51/h8-11,19-20,22-23,30,35-36H,5-7,12-18H2,1-4H3,(H,44,50)(H,43,48,51)/t30-,35?,36?/m1/s1. The minimum Gasteiger partial charge on any atom is -0.489 e. The third kappa shape index (κ3) is 7.68. The van der Waals surface area contributed by atoms with E-state index in [4.69, 9.17) is 16.3 Å². The number of amides is 3. The first-order valence-corrected chi connectivity index (χ1v) is 18.2. The van der Waals surface area contributed by atoms with Crippen LogP contribution in [0.4, 0.5) is 5.69 Å². The lowest BCUT2D eigenvalue weighted by molar-refractivity contribution is -0.164. The highest BCUT2D eigenvalue weighted by atomic mass is 35.5. The lowest BCUT2D eigenvalue weighted by Crippen LogP contribution is -2.74. The molecular weight excluding hydrogens is 684 g/mol. The number of anilines is 1. The number of aromatic nitrogens is 3. The number of piperazine rings is 1. The summed E-state index contributed by atoms with van der Waals surface area (Å²) < 4.78 is 7.51. The molecule has 1 aliphatic carbocycles. The fourth-order valence-corrected chi connectivity index (χ4v) is 8.33. The van der Waals surface area contributed by atoms with Gasteiger partial charge in [-0.05, 0) is 56.5 Å². The van der Waals surface area contributed by atoms with Crippen LogP contribution in [0.25, 0.3) is 0 Å². The Balaban J connectivity index is 0.920. The monoisotopic (exact) mass is 728 g/mol. The highest BCUT2D eigenvalue weighted by molar-refractivity contribution is 6.31. The number of nitrogens with zero attached hydrogens (tertiary/aromatic N) is 6. The second kappa shape index (κ2) is 15.0. The topological polar surface area (TPSA) is 163 Å². The molecule has 274 valence electrons. The Morgan fingerprint density at radius 1 is 1.04 bits per heavy atom. The lowest BCUT2D eigenvalue weighted by atomic mass is 9.49. The maximum atomic E-state index is 13.3. The molecule has 6 rings (SSSR count). The van der Waals surface area contributed by atoms with Gasteiger partial charge in [-0.15, -0.1) is 0 Å². The van der Waals surface area contributed by atoms with Crippen molar-refractivity contribution in [1.82, 2.24) is 30.3 Å². The molecule has 3 aromatic rings. The number of pyridine rings is 1. The van der Waals surface area contributed by atoms with Crippen LogP contribution in [0.15, 0.2) is 53.6 Å². The summed E-state index contributed by atoms with van der Waals surface area (Å²) in [5, 5.41) is 19.3. The average Bonchev–Trinajstić information content (AvgIpc) is 3.12. The second-order valence-electron chi connectivity index (χ2n) is 15.1. The highest BCUT2D eigenvalue weighted by Crippen LogP contribution is 2.55. The van der Waals surface area contributed by atoms with Gasteiger partial charge in [0.15, 0.2) is 0 Å². The Kier molecular flexibility index (Phi) is 10.7. The third-order valence-electron chi connectivity index (χ3n) is 10.7. The van der Waals surface area contributed by atoms with E-state index >= 15 is 0 Å². The number of rotatable bonds is 11. The Morgan fingerprint density at radius 2 is 1.79 bits per heavy atom. The molecule has 3 fully saturated rings. The van der Waals surface area contributed by atoms with Gasteiger partial charge in [0.25, 0.3) is 17.4 Å². The number of nitriles is 1.